The predicted octanol–water partition coefficient (Wildman–Crippen LogP) is 5.95. The molecule has 0 aromatic heterocycles. The standard InChI is InChI=1S/C23H27BrN2O2.ClH/c1-4-28-21-10-7-15(12-19(21)24)22(27)25-16-8-9-18-17(13-16)20-6-5-11-26(20)14-23(18,2)3;/h7-10,12-13,20H,4-6,11,14H2,1-3H3,(H,25,27);1H. The van der Waals surface area contributed by atoms with Gasteiger partial charge in [-0.15, -0.1) is 12.4 Å². The molecule has 0 bridgehead atoms. The van der Waals surface area contributed by atoms with Crippen LogP contribution in [-0.4, -0.2) is 30.5 Å². The molecule has 2 heterocycles. The number of nitrogens with one attached hydrogen (secondary N) is 1. The van der Waals surface area contributed by atoms with Crippen LogP contribution in [-0.2, 0) is 5.41 Å². The van der Waals surface area contributed by atoms with Crippen molar-refractivity contribution in [3.8, 4) is 5.75 Å². The van der Waals surface area contributed by atoms with Crippen molar-refractivity contribution in [3.63, 3.8) is 0 Å². The van der Waals surface area contributed by atoms with E-state index in [9.17, 15) is 4.79 Å². The molecule has 2 aromatic rings. The maximum absolute atomic E-state index is 12.8. The van der Waals surface area contributed by atoms with Crippen molar-refractivity contribution in [1.29, 1.82) is 0 Å². The number of rotatable bonds is 4. The van der Waals surface area contributed by atoms with E-state index in [-0.39, 0.29) is 23.7 Å². The molecule has 2 aliphatic heterocycles. The fraction of sp³-hybridized carbons (Fsp3) is 0.435. The molecule has 0 aliphatic carbocycles. The van der Waals surface area contributed by atoms with Gasteiger partial charge in [0.25, 0.3) is 5.91 Å². The molecule has 1 fully saturated rings. The Morgan fingerprint density at radius 1 is 1.28 bits per heavy atom. The minimum absolute atomic E-state index is 0. The zero-order chi connectivity index (χ0) is 19.9. The molecule has 1 saturated heterocycles. The van der Waals surface area contributed by atoms with Crippen LogP contribution in [0.4, 0.5) is 5.69 Å². The minimum Gasteiger partial charge on any atom is -0.493 e. The first-order valence-corrected chi connectivity index (χ1v) is 10.8. The van der Waals surface area contributed by atoms with Gasteiger partial charge in [0.2, 0.25) is 0 Å². The van der Waals surface area contributed by atoms with Gasteiger partial charge in [0.1, 0.15) is 5.75 Å². The summed E-state index contributed by atoms with van der Waals surface area (Å²) in [6, 6.07) is 12.3. The molecule has 0 radical (unpaired) electrons. The first-order valence-electron chi connectivity index (χ1n) is 10.0. The van der Waals surface area contributed by atoms with Crippen LogP contribution in [0.3, 0.4) is 0 Å². The highest BCUT2D eigenvalue weighted by Gasteiger charge is 2.39. The first-order chi connectivity index (χ1) is 13.4. The van der Waals surface area contributed by atoms with E-state index in [0.717, 1.165) is 22.5 Å². The maximum Gasteiger partial charge on any atom is 0.255 e. The summed E-state index contributed by atoms with van der Waals surface area (Å²) < 4.78 is 6.32. The van der Waals surface area contributed by atoms with Crippen molar-refractivity contribution in [2.24, 2.45) is 0 Å². The molecule has 2 aromatic carbocycles. The van der Waals surface area contributed by atoms with Crippen LogP contribution in [0.5, 0.6) is 5.75 Å². The largest absolute Gasteiger partial charge is 0.493 e. The molecular weight excluding hydrogens is 452 g/mol. The van der Waals surface area contributed by atoms with Gasteiger partial charge >= 0.3 is 0 Å². The van der Waals surface area contributed by atoms with E-state index in [4.69, 9.17) is 4.74 Å². The van der Waals surface area contributed by atoms with Gasteiger partial charge in [-0.1, -0.05) is 19.9 Å². The molecule has 1 atom stereocenters. The lowest BCUT2D eigenvalue weighted by atomic mass is 9.76. The third-order valence-electron chi connectivity index (χ3n) is 5.85. The maximum atomic E-state index is 12.8. The smallest absolute Gasteiger partial charge is 0.255 e. The Bertz CT molecular complexity index is 916. The number of ether oxygens (including phenoxy) is 1. The van der Waals surface area contributed by atoms with E-state index in [2.05, 4.69) is 52.1 Å². The van der Waals surface area contributed by atoms with E-state index in [0.29, 0.717) is 18.2 Å². The molecule has 29 heavy (non-hydrogen) atoms. The highest BCUT2D eigenvalue weighted by Crippen LogP contribution is 2.45. The number of hydrogen-bond donors (Lipinski definition) is 1. The van der Waals surface area contributed by atoms with Crippen LogP contribution in [0.2, 0.25) is 0 Å². The Hall–Kier alpha value is -1.56. The second-order valence-electron chi connectivity index (χ2n) is 8.35. The summed E-state index contributed by atoms with van der Waals surface area (Å²) in [6.45, 7) is 9.44. The second kappa shape index (κ2) is 8.66. The molecule has 156 valence electrons. The Morgan fingerprint density at radius 2 is 2.07 bits per heavy atom. The Labute approximate surface area is 187 Å². The molecular formula is C23H28BrClN2O2. The fourth-order valence-electron chi connectivity index (χ4n) is 4.61. The third-order valence-corrected chi connectivity index (χ3v) is 6.47. The van der Waals surface area contributed by atoms with Crippen molar-refractivity contribution in [3.05, 3.63) is 57.6 Å². The zero-order valence-electron chi connectivity index (χ0n) is 17.1. The topological polar surface area (TPSA) is 41.6 Å². The van der Waals surface area contributed by atoms with Gasteiger partial charge < -0.3 is 10.1 Å². The van der Waals surface area contributed by atoms with E-state index in [1.54, 1.807) is 12.1 Å². The quantitative estimate of drug-likeness (QED) is 0.589. The molecule has 1 unspecified atom stereocenters. The van der Waals surface area contributed by atoms with Gasteiger partial charge in [0, 0.05) is 29.3 Å². The number of carbonyl (C=O) groups is 1. The first kappa shape index (κ1) is 22.1. The number of nitrogens with zero attached hydrogens (tertiary/aromatic N) is 1. The Morgan fingerprint density at radius 3 is 2.79 bits per heavy atom. The van der Waals surface area contributed by atoms with Crippen LogP contribution < -0.4 is 10.1 Å². The summed E-state index contributed by atoms with van der Waals surface area (Å²) in [7, 11) is 0. The van der Waals surface area contributed by atoms with Crippen LogP contribution in [0.15, 0.2) is 40.9 Å². The fourth-order valence-corrected chi connectivity index (χ4v) is 5.10. The third kappa shape index (κ3) is 4.32. The van der Waals surface area contributed by atoms with Crippen molar-refractivity contribution in [1.82, 2.24) is 4.90 Å². The van der Waals surface area contributed by atoms with Gasteiger partial charge in [0.15, 0.2) is 0 Å². The molecule has 4 rings (SSSR count). The van der Waals surface area contributed by atoms with Gasteiger partial charge in [-0.2, -0.15) is 0 Å². The minimum atomic E-state index is -0.109. The molecule has 1 N–H and O–H groups in total. The SMILES string of the molecule is CCOc1ccc(C(=O)Nc2ccc3c(c2)C2CCCN2CC3(C)C)cc1Br.Cl. The number of hydrogen-bond acceptors (Lipinski definition) is 3. The number of fused-ring (bicyclic) bond motifs is 3. The Kier molecular flexibility index (Phi) is 6.61. The summed E-state index contributed by atoms with van der Waals surface area (Å²) >= 11 is 3.48. The summed E-state index contributed by atoms with van der Waals surface area (Å²) in [5.74, 6) is 0.637. The number of amides is 1. The van der Waals surface area contributed by atoms with Gasteiger partial charge in [-0.3, -0.25) is 9.69 Å². The van der Waals surface area contributed by atoms with Gasteiger partial charge in [-0.25, -0.2) is 0 Å². The lowest BCUT2D eigenvalue weighted by Gasteiger charge is -2.42. The zero-order valence-corrected chi connectivity index (χ0v) is 19.5. The van der Waals surface area contributed by atoms with Gasteiger partial charge in [0.05, 0.1) is 11.1 Å². The highest BCUT2D eigenvalue weighted by atomic mass is 79.9. The van der Waals surface area contributed by atoms with Crippen molar-refractivity contribution < 1.29 is 9.53 Å². The number of carbonyl (C=O) groups excluding carboxylic acids is 1. The summed E-state index contributed by atoms with van der Waals surface area (Å²) in [5.41, 5.74) is 4.39. The van der Waals surface area contributed by atoms with Crippen LogP contribution in [0.25, 0.3) is 0 Å². The molecule has 0 saturated carbocycles. The second-order valence-corrected chi connectivity index (χ2v) is 9.20. The number of halogens is 2. The summed E-state index contributed by atoms with van der Waals surface area (Å²) in [5, 5.41) is 3.08. The lowest BCUT2D eigenvalue weighted by molar-refractivity contribution is 0.102. The molecule has 4 nitrogen and oxygen atoms in total. The lowest BCUT2D eigenvalue weighted by Crippen LogP contribution is -2.42. The molecule has 0 spiro atoms. The molecule has 2 aliphatic rings. The van der Waals surface area contributed by atoms with Gasteiger partial charge in [-0.05, 0) is 83.7 Å². The number of benzene rings is 2. The predicted molar refractivity (Wildman–Crippen MR) is 124 cm³/mol. The van der Waals surface area contributed by atoms with Crippen molar-refractivity contribution in [2.45, 2.75) is 45.1 Å². The van der Waals surface area contributed by atoms with Crippen molar-refractivity contribution in [2.75, 3.05) is 25.0 Å². The average molecular weight is 480 g/mol. The monoisotopic (exact) mass is 478 g/mol. The Balaban J connectivity index is 0.00000240. The van der Waals surface area contributed by atoms with Crippen LogP contribution >= 0.6 is 28.3 Å². The summed E-state index contributed by atoms with van der Waals surface area (Å²) in [4.78, 5) is 15.4. The normalized spacial score (nSPS) is 19.7. The molecule has 1 amide bonds. The van der Waals surface area contributed by atoms with Crippen LogP contribution in [0.1, 0.15) is 61.1 Å². The van der Waals surface area contributed by atoms with E-state index < -0.39 is 0 Å². The van der Waals surface area contributed by atoms with E-state index in [1.165, 1.54) is 30.5 Å². The van der Waals surface area contributed by atoms with E-state index in [1.807, 2.05) is 19.1 Å². The summed E-state index contributed by atoms with van der Waals surface area (Å²) in [6.07, 6.45) is 2.45. The number of anilines is 1. The average Bonchev–Trinajstić information content (AvgIpc) is 3.11. The van der Waals surface area contributed by atoms with Crippen molar-refractivity contribution >= 4 is 39.9 Å². The highest BCUT2D eigenvalue weighted by molar-refractivity contribution is 9.10. The van der Waals surface area contributed by atoms with Crippen LogP contribution in [0, 0.1) is 0 Å². The van der Waals surface area contributed by atoms with E-state index >= 15 is 0 Å². The molecule has 6 heteroatoms.